The maximum absolute atomic E-state index is 5.07. The van der Waals surface area contributed by atoms with Crippen molar-refractivity contribution >= 4 is 16.6 Å². The van der Waals surface area contributed by atoms with Gasteiger partial charge in [-0.05, 0) is 5.56 Å². The van der Waals surface area contributed by atoms with Crippen LogP contribution in [0, 0.1) is 0 Å². The summed E-state index contributed by atoms with van der Waals surface area (Å²) in [6.45, 7) is 0.771. The second kappa shape index (κ2) is 3.68. The van der Waals surface area contributed by atoms with Gasteiger partial charge in [0.05, 0.1) is 0 Å². The lowest BCUT2D eigenvalue weighted by molar-refractivity contribution is 0.338. The van der Waals surface area contributed by atoms with Crippen molar-refractivity contribution in [3.8, 4) is 0 Å². The molecule has 0 atom stereocenters. The predicted molar refractivity (Wildman–Crippen MR) is 39.8 cm³/mol. The second-order valence-electron chi connectivity index (χ2n) is 1.92. The van der Waals surface area contributed by atoms with Crippen LogP contribution in [0.25, 0.3) is 0 Å². The van der Waals surface area contributed by atoms with Crippen molar-refractivity contribution < 1.29 is 3.79 Å². The molecule has 0 unspecified atom stereocenters. The maximum atomic E-state index is 5.07. The number of hydrogen-bond acceptors (Lipinski definition) is 1. The minimum Gasteiger partial charge on any atom is -0.503 e. The smallest absolute Gasteiger partial charge is 0.410 e. The first-order chi connectivity index (χ1) is 4.43. The fourth-order valence-corrected chi connectivity index (χ4v) is 1.07. The monoisotopic (exact) mass is 136 g/mol. The minimum atomic E-state index is 0.771. The van der Waals surface area contributed by atoms with Gasteiger partial charge < -0.3 is 3.79 Å². The molecule has 0 amide bonds. The summed E-state index contributed by atoms with van der Waals surface area (Å²) in [4.78, 5) is 0. The van der Waals surface area contributed by atoms with Gasteiger partial charge in [-0.3, -0.25) is 0 Å². The van der Waals surface area contributed by atoms with Crippen LogP contribution < -0.4 is 0 Å². The molecule has 0 aromatic heterocycles. The minimum absolute atomic E-state index is 0.771. The second-order valence-corrected chi connectivity index (χ2v) is 2.50. The molecule has 0 aliphatic carbocycles. The predicted octanol–water partition coefficient (Wildman–Crippen LogP) is 0.751. The van der Waals surface area contributed by atoms with Crippen LogP contribution in [0.1, 0.15) is 5.56 Å². The molecule has 0 aliphatic heterocycles. The molecule has 1 aromatic carbocycles. The largest absolute Gasteiger partial charge is 0.503 e. The molecule has 0 spiro atoms. The molecule has 46 valence electrons. The summed E-state index contributed by atoms with van der Waals surface area (Å²) in [5.41, 5.74) is 1.26. The summed E-state index contributed by atoms with van der Waals surface area (Å²) in [5.74, 6) is 0. The normalized spacial score (nSPS) is 9.33. The number of rotatable bonds is 2. The van der Waals surface area contributed by atoms with E-state index in [-0.39, 0.29) is 0 Å². The molecule has 2 heteroatoms. The van der Waals surface area contributed by atoms with E-state index in [4.69, 9.17) is 3.79 Å². The highest BCUT2D eigenvalue weighted by atomic mass is 27.1. The van der Waals surface area contributed by atoms with Crippen molar-refractivity contribution in [3.05, 3.63) is 35.9 Å². The molecule has 0 saturated heterocycles. The lowest BCUT2D eigenvalue weighted by Gasteiger charge is -1.96. The van der Waals surface area contributed by atoms with Crippen molar-refractivity contribution in [2.45, 2.75) is 6.61 Å². The van der Waals surface area contributed by atoms with E-state index >= 15 is 0 Å². The molecular formula is C7H9AlO. The topological polar surface area (TPSA) is 9.23 Å². The third-order valence-electron chi connectivity index (χ3n) is 1.15. The van der Waals surface area contributed by atoms with E-state index in [0.717, 1.165) is 23.2 Å². The Morgan fingerprint density at radius 1 is 1.22 bits per heavy atom. The molecule has 0 fully saturated rings. The maximum Gasteiger partial charge on any atom is 0.410 e. The Labute approximate surface area is 63.4 Å². The molecular weight excluding hydrogens is 127 g/mol. The highest BCUT2D eigenvalue weighted by Crippen LogP contribution is 1.97. The Bertz CT molecular complexity index is 162. The Kier molecular flexibility index (Phi) is 2.79. The summed E-state index contributed by atoms with van der Waals surface area (Å²) in [6, 6.07) is 10.2. The van der Waals surface area contributed by atoms with Gasteiger partial charge in [-0.1, -0.05) is 30.3 Å². The molecule has 0 heterocycles. The molecule has 0 N–H and O–H groups in total. The summed E-state index contributed by atoms with van der Waals surface area (Å²) < 4.78 is 5.07. The van der Waals surface area contributed by atoms with Gasteiger partial charge in [-0.25, -0.2) is 0 Å². The average molecular weight is 136 g/mol. The summed E-state index contributed by atoms with van der Waals surface area (Å²) >= 11 is 0.824. The molecule has 1 rings (SSSR count). The van der Waals surface area contributed by atoms with Crippen LogP contribution >= 0.6 is 0 Å². The molecule has 1 nitrogen and oxygen atoms in total. The number of hydrogen-bond donors (Lipinski definition) is 0. The van der Waals surface area contributed by atoms with Gasteiger partial charge in [0.2, 0.25) is 0 Å². The van der Waals surface area contributed by atoms with Crippen molar-refractivity contribution in [1.82, 2.24) is 0 Å². The lowest BCUT2D eigenvalue weighted by atomic mass is 10.2. The standard InChI is InChI=1S/C7H7O.Al.2H/c8-6-7-4-2-1-3-5-7;;;/h1-5H,6H2;;;/q-1;+1;;. The van der Waals surface area contributed by atoms with Crippen LogP contribution in [0.15, 0.2) is 30.3 Å². The molecule has 0 bridgehead atoms. The zero-order chi connectivity index (χ0) is 6.53. The van der Waals surface area contributed by atoms with Crippen LogP contribution in [0.2, 0.25) is 0 Å². The van der Waals surface area contributed by atoms with Crippen molar-refractivity contribution in [3.63, 3.8) is 0 Å². The zero-order valence-corrected chi connectivity index (χ0v) is 7.50. The Morgan fingerprint density at radius 3 is 2.44 bits per heavy atom. The Morgan fingerprint density at radius 2 is 1.89 bits per heavy atom. The van der Waals surface area contributed by atoms with Crippen molar-refractivity contribution in [2.75, 3.05) is 0 Å². The Balaban J connectivity index is 2.61. The van der Waals surface area contributed by atoms with E-state index in [9.17, 15) is 0 Å². The van der Waals surface area contributed by atoms with Gasteiger partial charge in [0.25, 0.3) is 0 Å². The van der Waals surface area contributed by atoms with E-state index in [0.29, 0.717) is 0 Å². The van der Waals surface area contributed by atoms with Crippen molar-refractivity contribution in [2.24, 2.45) is 0 Å². The molecule has 1 aromatic rings. The number of benzene rings is 1. The summed E-state index contributed by atoms with van der Waals surface area (Å²) in [7, 11) is 0. The zero-order valence-electron chi connectivity index (χ0n) is 5.50. The van der Waals surface area contributed by atoms with Crippen LogP contribution in [-0.2, 0) is 10.4 Å². The summed E-state index contributed by atoms with van der Waals surface area (Å²) in [6.07, 6.45) is 0. The molecule has 0 aliphatic rings. The Hall–Kier alpha value is -0.288. The van der Waals surface area contributed by atoms with Gasteiger partial charge in [0.1, 0.15) is 0 Å². The van der Waals surface area contributed by atoms with Crippen LogP contribution in [-0.4, -0.2) is 16.6 Å². The van der Waals surface area contributed by atoms with Gasteiger partial charge in [0, 0.05) is 6.61 Å². The van der Waals surface area contributed by atoms with Crippen LogP contribution in [0.3, 0.4) is 0 Å². The summed E-state index contributed by atoms with van der Waals surface area (Å²) in [5, 5.41) is 0. The van der Waals surface area contributed by atoms with E-state index < -0.39 is 0 Å². The molecule has 0 radical (unpaired) electrons. The highest BCUT2D eigenvalue weighted by molar-refractivity contribution is 5.97. The first kappa shape index (κ1) is 6.83. The molecule has 0 saturated carbocycles. The first-order valence-electron chi connectivity index (χ1n) is 2.96. The van der Waals surface area contributed by atoms with E-state index in [2.05, 4.69) is 12.1 Å². The quantitative estimate of drug-likeness (QED) is 0.545. The van der Waals surface area contributed by atoms with Crippen molar-refractivity contribution in [1.29, 1.82) is 0 Å². The van der Waals surface area contributed by atoms with Gasteiger partial charge in [-0.2, -0.15) is 0 Å². The average Bonchev–Trinajstić information content (AvgIpc) is 1.91. The van der Waals surface area contributed by atoms with Gasteiger partial charge >= 0.3 is 16.6 Å². The van der Waals surface area contributed by atoms with E-state index in [1.165, 1.54) is 5.56 Å². The van der Waals surface area contributed by atoms with E-state index in [1.54, 1.807) is 0 Å². The van der Waals surface area contributed by atoms with Gasteiger partial charge in [-0.15, -0.1) is 0 Å². The third kappa shape index (κ3) is 2.19. The van der Waals surface area contributed by atoms with E-state index in [1.807, 2.05) is 18.2 Å². The fourth-order valence-electron chi connectivity index (χ4n) is 0.741. The lowest BCUT2D eigenvalue weighted by Crippen LogP contribution is -1.85. The van der Waals surface area contributed by atoms with Crippen LogP contribution in [0.4, 0.5) is 0 Å². The SMILES string of the molecule is [AlH2][O]Cc1ccccc1. The first-order valence-corrected chi connectivity index (χ1v) is 3.78. The fraction of sp³-hybridized carbons (Fsp3) is 0.143. The third-order valence-corrected chi connectivity index (χ3v) is 1.44. The molecule has 9 heavy (non-hydrogen) atoms. The van der Waals surface area contributed by atoms with Gasteiger partial charge in [0.15, 0.2) is 0 Å². The van der Waals surface area contributed by atoms with Crippen LogP contribution in [0.5, 0.6) is 0 Å². The highest BCUT2D eigenvalue weighted by Gasteiger charge is 1.84.